The van der Waals surface area contributed by atoms with Gasteiger partial charge in [-0.25, -0.2) is 0 Å². The van der Waals surface area contributed by atoms with Crippen molar-refractivity contribution in [3.8, 4) is 0 Å². The standard InChI is InChI=1S/C11H19Si/c1-4-5-7-10-8-6-9-11(10)12(2)3/h8,12H,4-7H2,1-3H3. The first-order chi connectivity index (χ1) is 5.75. The fourth-order valence-corrected chi connectivity index (χ4v) is 3.22. The summed E-state index contributed by atoms with van der Waals surface area (Å²) in [6, 6.07) is 0. The Hall–Kier alpha value is -0.303. The van der Waals surface area contributed by atoms with Gasteiger partial charge in [0.05, 0.1) is 8.80 Å². The normalized spacial score (nSPS) is 16.7. The van der Waals surface area contributed by atoms with Gasteiger partial charge in [-0.2, -0.15) is 0 Å². The van der Waals surface area contributed by atoms with Gasteiger partial charge in [0, 0.05) is 0 Å². The van der Waals surface area contributed by atoms with Gasteiger partial charge in [0.1, 0.15) is 0 Å². The summed E-state index contributed by atoms with van der Waals surface area (Å²) < 4.78 is 0. The predicted octanol–water partition coefficient (Wildman–Crippen LogP) is 3.26. The Balaban J connectivity index is 2.49. The highest BCUT2D eigenvalue weighted by Gasteiger charge is 2.13. The maximum atomic E-state index is 3.50. The summed E-state index contributed by atoms with van der Waals surface area (Å²) in [5, 5.41) is 1.61. The maximum absolute atomic E-state index is 3.50. The molecule has 0 aromatic carbocycles. The summed E-state index contributed by atoms with van der Waals surface area (Å²) in [6.45, 7) is 7.05. The van der Waals surface area contributed by atoms with E-state index in [4.69, 9.17) is 0 Å². The van der Waals surface area contributed by atoms with Crippen LogP contribution in [0.1, 0.15) is 32.6 Å². The van der Waals surface area contributed by atoms with Crippen molar-refractivity contribution in [3.63, 3.8) is 0 Å². The molecule has 0 aliphatic heterocycles. The molecule has 0 aromatic heterocycles. The van der Waals surface area contributed by atoms with E-state index in [2.05, 4.69) is 32.2 Å². The van der Waals surface area contributed by atoms with Crippen molar-refractivity contribution in [1.82, 2.24) is 0 Å². The SMILES string of the molecule is CCCCC1=CC[C]=C1[SiH](C)C. The third-order valence-corrected chi connectivity index (χ3v) is 4.09. The van der Waals surface area contributed by atoms with Crippen LogP contribution in [0.2, 0.25) is 13.1 Å². The van der Waals surface area contributed by atoms with Crippen molar-refractivity contribution in [2.45, 2.75) is 45.7 Å². The summed E-state index contributed by atoms with van der Waals surface area (Å²) in [4.78, 5) is 0. The summed E-state index contributed by atoms with van der Waals surface area (Å²) in [5.74, 6) is 0. The number of hydrogen-bond acceptors (Lipinski definition) is 0. The Morgan fingerprint density at radius 2 is 2.25 bits per heavy atom. The molecule has 1 rings (SSSR count). The molecule has 0 fully saturated rings. The highest BCUT2D eigenvalue weighted by molar-refractivity contribution is 6.65. The Morgan fingerprint density at radius 1 is 1.50 bits per heavy atom. The average molecular weight is 179 g/mol. The minimum atomic E-state index is -0.586. The van der Waals surface area contributed by atoms with E-state index in [1.165, 1.54) is 19.3 Å². The molecule has 0 saturated carbocycles. The fourth-order valence-electron chi connectivity index (χ4n) is 1.69. The minimum absolute atomic E-state index is 0.586. The van der Waals surface area contributed by atoms with Gasteiger partial charge >= 0.3 is 0 Å². The lowest BCUT2D eigenvalue weighted by atomic mass is 10.1. The van der Waals surface area contributed by atoms with E-state index >= 15 is 0 Å². The second kappa shape index (κ2) is 4.66. The quantitative estimate of drug-likeness (QED) is 0.581. The van der Waals surface area contributed by atoms with Crippen LogP contribution in [0.3, 0.4) is 0 Å². The van der Waals surface area contributed by atoms with Crippen molar-refractivity contribution in [1.29, 1.82) is 0 Å². The zero-order valence-electron chi connectivity index (χ0n) is 8.48. The molecule has 1 aliphatic carbocycles. The summed E-state index contributed by atoms with van der Waals surface area (Å²) in [6.07, 6.45) is 10.9. The molecule has 67 valence electrons. The lowest BCUT2D eigenvalue weighted by molar-refractivity contribution is 0.796. The fraction of sp³-hybridized carbons (Fsp3) is 0.636. The maximum Gasteiger partial charge on any atom is 0.0654 e. The Bertz CT molecular complexity index is 199. The molecule has 1 radical (unpaired) electrons. The van der Waals surface area contributed by atoms with Gasteiger partial charge in [-0.05, 0) is 25.3 Å². The second-order valence-corrected chi connectivity index (χ2v) is 6.67. The minimum Gasteiger partial charge on any atom is -0.0770 e. The van der Waals surface area contributed by atoms with Crippen LogP contribution in [0.15, 0.2) is 16.8 Å². The monoisotopic (exact) mass is 179 g/mol. The molecule has 0 atom stereocenters. The van der Waals surface area contributed by atoms with Gasteiger partial charge in [0.25, 0.3) is 0 Å². The van der Waals surface area contributed by atoms with Gasteiger partial charge in [0.2, 0.25) is 0 Å². The van der Waals surface area contributed by atoms with Crippen molar-refractivity contribution in [3.05, 3.63) is 22.9 Å². The first-order valence-electron chi connectivity index (χ1n) is 5.05. The molecule has 12 heavy (non-hydrogen) atoms. The number of unbranched alkanes of at least 4 members (excludes halogenated alkanes) is 1. The topological polar surface area (TPSA) is 0 Å². The molecule has 1 heteroatoms. The van der Waals surface area contributed by atoms with Crippen molar-refractivity contribution >= 4 is 8.80 Å². The van der Waals surface area contributed by atoms with Gasteiger partial charge in [0.15, 0.2) is 0 Å². The third kappa shape index (κ3) is 2.34. The number of rotatable bonds is 4. The molecule has 0 unspecified atom stereocenters. The van der Waals surface area contributed by atoms with Crippen LogP contribution in [0.4, 0.5) is 0 Å². The molecule has 0 N–H and O–H groups in total. The van der Waals surface area contributed by atoms with Crippen LogP contribution < -0.4 is 0 Å². The predicted molar refractivity (Wildman–Crippen MR) is 57.9 cm³/mol. The van der Waals surface area contributed by atoms with E-state index in [1.54, 1.807) is 10.8 Å². The van der Waals surface area contributed by atoms with Crippen molar-refractivity contribution in [2.24, 2.45) is 0 Å². The molecular weight excluding hydrogens is 160 g/mol. The zero-order valence-corrected chi connectivity index (χ0v) is 9.64. The Kier molecular flexibility index (Phi) is 3.80. The third-order valence-electron chi connectivity index (χ3n) is 2.36. The van der Waals surface area contributed by atoms with E-state index in [1.807, 2.05) is 0 Å². The first-order valence-corrected chi connectivity index (χ1v) is 7.94. The van der Waals surface area contributed by atoms with Gasteiger partial charge in [-0.15, -0.1) is 0 Å². The molecular formula is C11H19Si. The summed E-state index contributed by atoms with van der Waals surface area (Å²) >= 11 is 0. The smallest absolute Gasteiger partial charge is 0.0654 e. The van der Waals surface area contributed by atoms with Gasteiger partial charge in [-0.1, -0.05) is 43.3 Å². The van der Waals surface area contributed by atoms with E-state index in [-0.39, 0.29) is 0 Å². The number of hydrogen-bond donors (Lipinski definition) is 0. The zero-order chi connectivity index (χ0) is 8.97. The van der Waals surface area contributed by atoms with E-state index < -0.39 is 8.80 Å². The largest absolute Gasteiger partial charge is 0.0770 e. The summed E-state index contributed by atoms with van der Waals surface area (Å²) in [7, 11) is -0.586. The highest BCUT2D eigenvalue weighted by atomic mass is 28.3. The van der Waals surface area contributed by atoms with Crippen LogP contribution >= 0.6 is 0 Å². The molecule has 0 spiro atoms. The average Bonchev–Trinajstić information content (AvgIpc) is 2.48. The van der Waals surface area contributed by atoms with E-state index in [9.17, 15) is 0 Å². The van der Waals surface area contributed by atoms with Crippen LogP contribution in [-0.4, -0.2) is 8.80 Å². The van der Waals surface area contributed by atoms with Crippen molar-refractivity contribution < 1.29 is 0 Å². The highest BCUT2D eigenvalue weighted by Crippen LogP contribution is 2.25. The van der Waals surface area contributed by atoms with Crippen LogP contribution in [0.5, 0.6) is 0 Å². The van der Waals surface area contributed by atoms with Crippen LogP contribution in [-0.2, 0) is 0 Å². The molecule has 0 amide bonds. The van der Waals surface area contributed by atoms with E-state index in [0.717, 1.165) is 6.42 Å². The van der Waals surface area contributed by atoms with Crippen LogP contribution in [0, 0.1) is 6.08 Å². The Morgan fingerprint density at radius 3 is 2.83 bits per heavy atom. The molecule has 0 nitrogen and oxygen atoms in total. The molecule has 0 bridgehead atoms. The second-order valence-electron chi connectivity index (χ2n) is 3.78. The molecule has 0 heterocycles. The summed E-state index contributed by atoms with van der Waals surface area (Å²) in [5.41, 5.74) is 1.62. The lowest BCUT2D eigenvalue weighted by Crippen LogP contribution is -2.06. The molecule has 0 saturated heterocycles. The molecule has 1 aliphatic rings. The Labute approximate surface area is 78.0 Å². The van der Waals surface area contributed by atoms with Crippen LogP contribution in [0.25, 0.3) is 0 Å². The van der Waals surface area contributed by atoms with Gasteiger partial charge in [-0.3, -0.25) is 0 Å². The number of allylic oxidation sites excluding steroid dienone is 4. The van der Waals surface area contributed by atoms with E-state index in [0.29, 0.717) is 0 Å². The molecule has 0 aromatic rings. The van der Waals surface area contributed by atoms with Crippen molar-refractivity contribution in [2.75, 3.05) is 0 Å². The van der Waals surface area contributed by atoms with Gasteiger partial charge < -0.3 is 0 Å². The first kappa shape index (κ1) is 9.78. The lowest BCUT2D eigenvalue weighted by Gasteiger charge is -2.10.